The Bertz CT molecular complexity index is 503. The first-order valence-electron chi connectivity index (χ1n) is 4.90. The highest BCUT2D eigenvalue weighted by Gasteiger charge is 2.06. The van der Waals surface area contributed by atoms with E-state index in [1.807, 2.05) is 0 Å². The predicted molar refractivity (Wildman–Crippen MR) is 62.3 cm³/mol. The maximum atomic E-state index is 13.2. The minimum atomic E-state index is -0.511. The second kappa shape index (κ2) is 5.01. The molecule has 2 rings (SSSR count). The molecular formula is C10H10ClFN4O. The van der Waals surface area contributed by atoms with Crippen molar-refractivity contribution in [2.75, 3.05) is 17.6 Å². The maximum absolute atomic E-state index is 13.2. The molecule has 90 valence electrons. The van der Waals surface area contributed by atoms with Crippen molar-refractivity contribution in [1.29, 1.82) is 0 Å². The van der Waals surface area contributed by atoms with Crippen molar-refractivity contribution < 1.29 is 8.91 Å². The van der Waals surface area contributed by atoms with Gasteiger partial charge in [0.15, 0.2) is 5.82 Å². The third-order valence-electron chi connectivity index (χ3n) is 2.16. The van der Waals surface area contributed by atoms with Crippen LogP contribution in [0, 0.1) is 5.82 Å². The zero-order valence-electron chi connectivity index (χ0n) is 8.78. The van der Waals surface area contributed by atoms with Crippen molar-refractivity contribution in [3.63, 3.8) is 0 Å². The zero-order valence-corrected chi connectivity index (χ0v) is 9.54. The first-order chi connectivity index (χ1) is 8.16. The smallest absolute Gasteiger partial charge is 0.213 e. The fourth-order valence-electron chi connectivity index (χ4n) is 1.33. The Kier molecular flexibility index (Phi) is 3.43. The predicted octanol–water partition coefficient (Wildman–Crippen LogP) is 2.10. The molecule has 0 aliphatic carbocycles. The summed E-state index contributed by atoms with van der Waals surface area (Å²) in [6.07, 6.45) is 1.81. The molecule has 0 saturated heterocycles. The van der Waals surface area contributed by atoms with E-state index in [2.05, 4.69) is 20.0 Å². The molecule has 3 N–H and O–H groups in total. The van der Waals surface area contributed by atoms with Gasteiger partial charge in [0.2, 0.25) is 6.39 Å². The van der Waals surface area contributed by atoms with Gasteiger partial charge in [0.05, 0.1) is 16.4 Å². The lowest BCUT2D eigenvalue weighted by atomic mass is 10.2. The van der Waals surface area contributed by atoms with E-state index in [4.69, 9.17) is 17.3 Å². The van der Waals surface area contributed by atoms with Crippen LogP contribution in [0.5, 0.6) is 0 Å². The molecule has 2 aromatic rings. The number of anilines is 2. The first-order valence-corrected chi connectivity index (χ1v) is 5.28. The average molecular weight is 257 g/mol. The minimum absolute atomic E-state index is 0.00576. The van der Waals surface area contributed by atoms with Crippen LogP contribution in [0.1, 0.15) is 5.82 Å². The van der Waals surface area contributed by atoms with Gasteiger partial charge in [0.1, 0.15) is 5.82 Å². The molecule has 0 atom stereocenters. The maximum Gasteiger partial charge on any atom is 0.213 e. The van der Waals surface area contributed by atoms with Gasteiger partial charge in [0, 0.05) is 19.0 Å². The monoisotopic (exact) mass is 256 g/mol. The molecule has 1 aromatic carbocycles. The molecule has 0 bridgehead atoms. The van der Waals surface area contributed by atoms with Crippen LogP contribution in [0.3, 0.4) is 0 Å². The van der Waals surface area contributed by atoms with Gasteiger partial charge < -0.3 is 15.6 Å². The van der Waals surface area contributed by atoms with Crippen LogP contribution in [0.15, 0.2) is 23.0 Å². The third-order valence-corrected chi connectivity index (χ3v) is 2.45. The Hall–Kier alpha value is -1.82. The number of halogens is 2. The summed E-state index contributed by atoms with van der Waals surface area (Å²) in [5, 5.41) is 6.63. The van der Waals surface area contributed by atoms with E-state index < -0.39 is 5.82 Å². The molecular weight excluding hydrogens is 247 g/mol. The number of hydrogen-bond donors (Lipinski definition) is 2. The molecule has 0 radical (unpaired) electrons. The summed E-state index contributed by atoms with van der Waals surface area (Å²) < 4.78 is 17.8. The average Bonchev–Trinajstić information content (AvgIpc) is 2.78. The van der Waals surface area contributed by atoms with Gasteiger partial charge >= 0.3 is 0 Å². The van der Waals surface area contributed by atoms with E-state index >= 15 is 0 Å². The normalized spacial score (nSPS) is 10.5. The highest BCUT2D eigenvalue weighted by atomic mass is 35.5. The molecule has 1 heterocycles. The fraction of sp³-hybridized carbons (Fsp3) is 0.200. The fourth-order valence-corrected chi connectivity index (χ4v) is 1.50. The number of nitrogens with zero attached hydrogens (tertiary/aromatic N) is 2. The van der Waals surface area contributed by atoms with E-state index in [0.717, 1.165) is 0 Å². The van der Waals surface area contributed by atoms with Crippen LogP contribution in [-0.4, -0.2) is 16.7 Å². The van der Waals surface area contributed by atoms with Crippen LogP contribution < -0.4 is 11.1 Å². The minimum Gasteiger partial charge on any atom is -0.397 e. The largest absolute Gasteiger partial charge is 0.397 e. The first kappa shape index (κ1) is 11.7. The Balaban J connectivity index is 1.97. The van der Waals surface area contributed by atoms with E-state index in [-0.39, 0.29) is 5.02 Å². The van der Waals surface area contributed by atoms with Crippen LogP contribution in [0.25, 0.3) is 0 Å². The number of rotatable bonds is 4. The summed E-state index contributed by atoms with van der Waals surface area (Å²) in [5.41, 5.74) is 6.58. The van der Waals surface area contributed by atoms with E-state index in [0.29, 0.717) is 30.2 Å². The standard InChI is InChI=1S/C10H10ClFN4O/c11-6-3-8(13)9(4-7(6)12)14-2-1-10-15-5-17-16-10/h3-5,14H,1-2,13H2. The summed E-state index contributed by atoms with van der Waals surface area (Å²) in [6, 6.07) is 2.63. The van der Waals surface area contributed by atoms with Gasteiger partial charge in [-0.05, 0) is 6.07 Å². The summed E-state index contributed by atoms with van der Waals surface area (Å²) in [7, 11) is 0. The van der Waals surface area contributed by atoms with Gasteiger partial charge in [0.25, 0.3) is 0 Å². The van der Waals surface area contributed by atoms with Crippen molar-refractivity contribution in [3.05, 3.63) is 35.2 Å². The summed E-state index contributed by atoms with van der Waals surface area (Å²) in [4.78, 5) is 3.86. The Morgan fingerprint density at radius 1 is 1.47 bits per heavy atom. The second-order valence-corrected chi connectivity index (χ2v) is 3.78. The topological polar surface area (TPSA) is 77.0 Å². The summed E-state index contributed by atoms with van der Waals surface area (Å²) >= 11 is 5.59. The van der Waals surface area contributed by atoms with Crippen molar-refractivity contribution in [2.24, 2.45) is 0 Å². The van der Waals surface area contributed by atoms with E-state index in [1.165, 1.54) is 18.5 Å². The van der Waals surface area contributed by atoms with Gasteiger partial charge in [-0.15, -0.1) is 0 Å². The van der Waals surface area contributed by atoms with E-state index in [9.17, 15) is 4.39 Å². The van der Waals surface area contributed by atoms with Crippen molar-refractivity contribution >= 4 is 23.0 Å². The highest BCUT2D eigenvalue weighted by molar-refractivity contribution is 6.31. The number of benzene rings is 1. The number of nitrogen functional groups attached to an aromatic ring is 1. The number of nitrogens with two attached hydrogens (primary N) is 1. The molecule has 0 spiro atoms. The quantitative estimate of drug-likeness (QED) is 0.819. The van der Waals surface area contributed by atoms with Crippen LogP contribution in [0.4, 0.5) is 15.8 Å². The van der Waals surface area contributed by atoms with E-state index in [1.54, 1.807) is 0 Å². The Morgan fingerprint density at radius 2 is 2.29 bits per heavy atom. The molecule has 5 nitrogen and oxygen atoms in total. The van der Waals surface area contributed by atoms with Crippen LogP contribution in [-0.2, 0) is 6.42 Å². The number of aromatic nitrogens is 2. The van der Waals surface area contributed by atoms with Crippen molar-refractivity contribution in [1.82, 2.24) is 10.1 Å². The Morgan fingerprint density at radius 3 is 3.00 bits per heavy atom. The molecule has 1 aromatic heterocycles. The molecule has 0 aliphatic rings. The van der Waals surface area contributed by atoms with Crippen molar-refractivity contribution in [2.45, 2.75) is 6.42 Å². The molecule has 0 unspecified atom stereocenters. The van der Waals surface area contributed by atoms with Crippen LogP contribution in [0.2, 0.25) is 5.02 Å². The zero-order chi connectivity index (χ0) is 12.3. The Labute approximate surface area is 102 Å². The van der Waals surface area contributed by atoms with Gasteiger partial charge in [-0.25, -0.2) is 4.39 Å². The van der Waals surface area contributed by atoms with Gasteiger partial charge in [-0.3, -0.25) is 0 Å². The molecule has 0 fully saturated rings. The van der Waals surface area contributed by atoms with Gasteiger partial charge in [-0.2, -0.15) is 4.98 Å². The number of nitrogens with one attached hydrogen (secondary N) is 1. The summed E-state index contributed by atoms with van der Waals surface area (Å²) in [5.74, 6) is 0.0634. The lowest BCUT2D eigenvalue weighted by molar-refractivity contribution is 0.410. The third kappa shape index (κ3) is 2.85. The molecule has 17 heavy (non-hydrogen) atoms. The molecule has 7 heteroatoms. The van der Waals surface area contributed by atoms with Gasteiger partial charge in [-0.1, -0.05) is 16.8 Å². The van der Waals surface area contributed by atoms with Crippen LogP contribution >= 0.6 is 11.6 Å². The molecule has 0 amide bonds. The SMILES string of the molecule is Nc1cc(Cl)c(F)cc1NCCc1ncon1. The second-order valence-electron chi connectivity index (χ2n) is 3.38. The number of hydrogen-bond acceptors (Lipinski definition) is 5. The van der Waals surface area contributed by atoms with Crippen molar-refractivity contribution in [3.8, 4) is 0 Å². The summed E-state index contributed by atoms with van der Waals surface area (Å²) in [6.45, 7) is 0.519. The highest BCUT2D eigenvalue weighted by Crippen LogP contribution is 2.25. The molecule has 0 saturated carbocycles. The lowest BCUT2D eigenvalue weighted by Crippen LogP contribution is -2.08. The lowest BCUT2D eigenvalue weighted by Gasteiger charge is -2.09. The molecule has 0 aliphatic heterocycles.